The molecule has 0 fully saturated rings. The Labute approximate surface area is 102 Å². The Balaban J connectivity index is 2.36. The van der Waals surface area contributed by atoms with Crippen LogP contribution in [0.5, 0.6) is 0 Å². The van der Waals surface area contributed by atoms with Gasteiger partial charge < -0.3 is 4.74 Å². The number of hydrogen-bond acceptors (Lipinski definition) is 3. The highest BCUT2D eigenvalue weighted by molar-refractivity contribution is 5.44. The first kappa shape index (κ1) is 13.7. The van der Waals surface area contributed by atoms with E-state index in [1.54, 1.807) is 0 Å². The normalized spacial score (nSPS) is 14.0. The van der Waals surface area contributed by atoms with Crippen molar-refractivity contribution in [3.8, 4) is 0 Å². The monoisotopic (exact) mass is 236 g/mol. The van der Waals surface area contributed by atoms with E-state index in [1.807, 2.05) is 44.2 Å². The van der Waals surface area contributed by atoms with Crippen molar-refractivity contribution >= 4 is 6.41 Å². The number of carbonyl (C=O) groups excluding carboxylic acids is 1. The van der Waals surface area contributed by atoms with Crippen molar-refractivity contribution in [1.29, 1.82) is 0 Å². The van der Waals surface area contributed by atoms with Gasteiger partial charge in [0.15, 0.2) is 0 Å². The Morgan fingerprint density at radius 3 is 2.65 bits per heavy atom. The molecule has 0 saturated carbocycles. The van der Waals surface area contributed by atoms with Crippen LogP contribution in [0.3, 0.4) is 0 Å². The zero-order chi connectivity index (χ0) is 12.5. The zero-order valence-electron chi connectivity index (χ0n) is 10.3. The quantitative estimate of drug-likeness (QED) is 0.532. The molecule has 2 unspecified atom stereocenters. The highest BCUT2D eigenvalue weighted by Gasteiger charge is 2.15. The van der Waals surface area contributed by atoms with E-state index in [-0.39, 0.29) is 12.1 Å². The molecule has 1 aromatic carbocycles. The van der Waals surface area contributed by atoms with Crippen molar-refractivity contribution in [2.24, 2.45) is 0 Å². The summed E-state index contributed by atoms with van der Waals surface area (Å²) in [5, 5.41) is 0. The van der Waals surface area contributed by atoms with E-state index >= 15 is 0 Å². The third-order valence-corrected chi connectivity index (χ3v) is 2.69. The van der Waals surface area contributed by atoms with Gasteiger partial charge in [0.1, 0.15) is 0 Å². The number of ether oxygens (including phenoxy) is 1. The number of amides is 1. The average Bonchev–Trinajstić information content (AvgIpc) is 2.38. The van der Waals surface area contributed by atoms with Crippen LogP contribution in [-0.4, -0.2) is 18.6 Å². The Morgan fingerprint density at radius 1 is 1.35 bits per heavy atom. The standard InChI is InChI=1S/C13H20N2O2/c1-3-13(15-14-10-16)11(2)17-9-12-7-5-4-6-8-12/h4-8,10-11,13,15H,3,9H2,1-2H3,(H,14,16). The molecule has 0 radical (unpaired) electrons. The molecule has 0 saturated heterocycles. The average molecular weight is 236 g/mol. The van der Waals surface area contributed by atoms with Gasteiger partial charge in [-0.3, -0.25) is 10.2 Å². The Morgan fingerprint density at radius 2 is 2.06 bits per heavy atom. The summed E-state index contributed by atoms with van der Waals surface area (Å²) in [5.41, 5.74) is 6.53. The summed E-state index contributed by atoms with van der Waals surface area (Å²) in [6.07, 6.45) is 1.55. The molecule has 1 amide bonds. The van der Waals surface area contributed by atoms with Gasteiger partial charge >= 0.3 is 0 Å². The molecule has 17 heavy (non-hydrogen) atoms. The SMILES string of the molecule is CCC(NNC=O)C(C)OCc1ccccc1. The van der Waals surface area contributed by atoms with E-state index in [0.29, 0.717) is 13.0 Å². The van der Waals surface area contributed by atoms with Gasteiger partial charge in [-0.2, -0.15) is 0 Å². The van der Waals surface area contributed by atoms with Crippen LogP contribution in [0.4, 0.5) is 0 Å². The lowest BCUT2D eigenvalue weighted by atomic mass is 10.1. The van der Waals surface area contributed by atoms with Gasteiger partial charge in [-0.1, -0.05) is 37.3 Å². The van der Waals surface area contributed by atoms with Crippen LogP contribution in [0.2, 0.25) is 0 Å². The van der Waals surface area contributed by atoms with Crippen LogP contribution in [0.1, 0.15) is 25.8 Å². The summed E-state index contributed by atoms with van der Waals surface area (Å²) >= 11 is 0. The first-order valence-corrected chi connectivity index (χ1v) is 5.88. The van der Waals surface area contributed by atoms with E-state index < -0.39 is 0 Å². The van der Waals surface area contributed by atoms with Gasteiger partial charge in [0.2, 0.25) is 6.41 Å². The van der Waals surface area contributed by atoms with Crippen LogP contribution in [0.15, 0.2) is 30.3 Å². The van der Waals surface area contributed by atoms with E-state index in [2.05, 4.69) is 10.9 Å². The second-order valence-electron chi connectivity index (χ2n) is 3.92. The molecule has 4 nitrogen and oxygen atoms in total. The second-order valence-corrected chi connectivity index (χ2v) is 3.92. The maximum absolute atomic E-state index is 10.2. The lowest BCUT2D eigenvalue weighted by molar-refractivity contribution is -0.111. The molecule has 0 aliphatic carbocycles. The molecule has 0 aliphatic heterocycles. The predicted octanol–water partition coefficient (Wildman–Crippen LogP) is 1.62. The first-order valence-electron chi connectivity index (χ1n) is 5.88. The van der Waals surface area contributed by atoms with E-state index in [0.717, 1.165) is 12.0 Å². The molecule has 2 N–H and O–H groups in total. The molecule has 0 aliphatic rings. The van der Waals surface area contributed by atoms with Crippen LogP contribution < -0.4 is 10.9 Å². The number of benzene rings is 1. The fourth-order valence-electron chi connectivity index (χ4n) is 1.61. The van der Waals surface area contributed by atoms with Crippen molar-refractivity contribution in [3.63, 3.8) is 0 Å². The first-order chi connectivity index (χ1) is 8.27. The van der Waals surface area contributed by atoms with Crippen molar-refractivity contribution in [2.45, 2.75) is 39.0 Å². The molecule has 2 atom stereocenters. The van der Waals surface area contributed by atoms with Gasteiger partial charge in [0.25, 0.3) is 0 Å². The van der Waals surface area contributed by atoms with E-state index in [4.69, 9.17) is 4.74 Å². The molecular weight excluding hydrogens is 216 g/mol. The maximum atomic E-state index is 10.2. The van der Waals surface area contributed by atoms with Crippen molar-refractivity contribution in [2.75, 3.05) is 0 Å². The topological polar surface area (TPSA) is 50.4 Å². The second kappa shape index (κ2) is 7.81. The third kappa shape index (κ3) is 4.97. The van der Waals surface area contributed by atoms with Crippen molar-refractivity contribution in [1.82, 2.24) is 10.9 Å². The smallest absolute Gasteiger partial charge is 0.221 e. The molecule has 4 heteroatoms. The minimum absolute atomic E-state index is 0.0349. The molecule has 1 aromatic rings. The largest absolute Gasteiger partial charge is 0.372 e. The summed E-state index contributed by atoms with van der Waals surface area (Å²) < 4.78 is 5.76. The highest BCUT2D eigenvalue weighted by Crippen LogP contribution is 2.07. The van der Waals surface area contributed by atoms with Gasteiger partial charge in [0.05, 0.1) is 18.8 Å². The summed E-state index contributed by atoms with van der Waals surface area (Å²) in [6, 6.07) is 10.1. The number of rotatable bonds is 8. The molecule has 1 rings (SSSR count). The van der Waals surface area contributed by atoms with E-state index in [9.17, 15) is 4.79 Å². The molecule has 0 spiro atoms. The lowest BCUT2D eigenvalue weighted by Crippen LogP contribution is -2.46. The summed E-state index contributed by atoms with van der Waals surface area (Å²) in [6.45, 7) is 4.63. The maximum Gasteiger partial charge on any atom is 0.221 e. The summed E-state index contributed by atoms with van der Waals surface area (Å²) in [4.78, 5) is 10.2. The molecule has 94 valence electrons. The van der Waals surface area contributed by atoms with E-state index in [1.165, 1.54) is 0 Å². The molecule has 0 bridgehead atoms. The van der Waals surface area contributed by atoms with Gasteiger partial charge in [-0.25, -0.2) is 5.43 Å². The molecule has 0 heterocycles. The van der Waals surface area contributed by atoms with Crippen LogP contribution in [0.25, 0.3) is 0 Å². The Bertz CT molecular complexity index is 316. The summed E-state index contributed by atoms with van der Waals surface area (Å²) in [5.74, 6) is 0. The molecule has 0 aromatic heterocycles. The number of hydrazine groups is 1. The number of hydrogen-bond donors (Lipinski definition) is 2. The molecular formula is C13H20N2O2. The van der Waals surface area contributed by atoms with Gasteiger partial charge in [-0.15, -0.1) is 0 Å². The van der Waals surface area contributed by atoms with Gasteiger partial charge in [-0.05, 0) is 18.9 Å². The van der Waals surface area contributed by atoms with Crippen LogP contribution in [0, 0.1) is 0 Å². The minimum Gasteiger partial charge on any atom is -0.372 e. The van der Waals surface area contributed by atoms with Crippen LogP contribution >= 0.6 is 0 Å². The van der Waals surface area contributed by atoms with Crippen LogP contribution in [-0.2, 0) is 16.1 Å². The third-order valence-electron chi connectivity index (χ3n) is 2.69. The summed E-state index contributed by atoms with van der Waals surface area (Å²) in [7, 11) is 0. The minimum atomic E-state index is 0.0349. The lowest BCUT2D eigenvalue weighted by Gasteiger charge is -2.23. The van der Waals surface area contributed by atoms with Crippen molar-refractivity contribution < 1.29 is 9.53 Å². The fourth-order valence-corrected chi connectivity index (χ4v) is 1.61. The zero-order valence-corrected chi connectivity index (χ0v) is 10.3. The van der Waals surface area contributed by atoms with Gasteiger partial charge in [0, 0.05) is 0 Å². The number of nitrogens with one attached hydrogen (secondary N) is 2. The fraction of sp³-hybridized carbons (Fsp3) is 0.462. The highest BCUT2D eigenvalue weighted by atomic mass is 16.5. The van der Waals surface area contributed by atoms with Crippen molar-refractivity contribution in [3.05, 3.63) is 35.9 Å². The predicted molar refractivity (Wildman–Crippen MR) is 67.1 cm³/mol. The Kier molecular flexibility index (Phi) is 6.29. The number of carbonyl (C=O) groups is 1. The Hall–Kier alpha value is -1.39.